The van der Waals surface area contributed by atoms with Crippen molar-refractivity contribution in [1.82, 2.24) is 0 Å². The van der Waals surface area contributed by atoms with E-state index in [0.29, 0.717) is 0 Å². The first-order valence-electron chi connectivity index (χ1n) is 3.54. The maximum atomic E-state index is 11.0. The standard InChI is InChI=1S/C8H10O4/c1-4(9)5-6(10)8(2,3)12-7(5)11/h10H,1-3H3. The first kappa shape index (κ1) is 8.77. The third-order valence-corrected chi connectivity index (χ3v) is 1.71. The van der Waals surface area contributed by atoms with Gasteiger partial charge in [0.25, 0.3) is 0 Å². The molecule has 0 saturated heterocycles. The second-order valence-corrected chi connectivity index (χ2v) is 3.18. The van der Waals surface area contributed by atoms with Crippen molar-refractivity contribution in [3.05, 3.63) is 11.3 Å². The van der Waals surface area contributed by atoms with E-state index in [1.54, 1.807) is 0 Å². The van der Waals surface area contributed by atoms with Crippen LogP contribution in [0, 0.1) is 0 Å². The molecule has 0 aromatic carbocycles. The van der Waals surface area contributed by atoms with Crippen LogP contribution in [0.2, 0.25) is 0 Å². The number of aliphatic hydroxyl groups excluding tert-OH is 1. The lowest BCUT2D eigenvalue weighted by atomic mass is 10.0. The highest BCUT2D eigenvalue weighted by Gasteiger charge is 2.42. The number of hydrogen-bond donors (Lipinski definition) is 1. The van der Waals surface area contributed by atoms with Crippen LogP contribution in [0.15, 0.2) is 11.3 Å². The van der Waals surface area contributed by atoms with E-state index >= 15 is 0 Å². The quantitative estimate of drug-likeness (QED) is 0.465. The number of carbonyl (C=O) groups is 2. The van der Waals surface area contributed by atoms with Crippen molar-refractivity contribution in [2.45, 2.75) is 26.4 Å². The molecule has 1 aliphatic heterocycles. The number of cyclic esters (lactones) is 1. The summed E-state index contributed by atoms with van der Waals surface area (Å²) < 4.78 is 4.75. The van der Waals surface area contributed by atoms with Gasteiger partial charge in [-0.15, -0.1) is 0 Å². The normalized spacial score (nSPS) is 21.1. The van der Waals surface area contributed by atoms with Crippen molar-refractivity contribution in [1.29, 1.82) is 0 Å². The minimum atomic E-state index is -1.06. The van der Waals surface area contributed by atoms with E-state index in [1.807, 2.05) is 0 Å². The van der Waals surface area contributed by atoms with Gasteiger partial charge >= 0.3 is 5.97 Å². The predicted molar refractivity (Wildman–Crippen MR) is 40.5 cm³/mol. The number of esters is 1. The van der Waals surface area contributed by atoms with Gasteiger partial charge in [0.2, 0.25) is 0 Å². The molecule has 0 aliphatic carbocycles. The zero-order chi connectivity index (χ0) is 9.52. The molecule has 0 unspecified atom stereocenters. The molecule has 0 radical (unpaired) electrons. The van der Waals surface area contributed by atoms with E-state index in [-0.39, 0.29) is 11.3 Å². The Kier molecular flexibility index (Phi) is 1.71. The minimum Gasteiger partial charge on any atom is -0.507 e. The molecule has 4 nitrogen and oxygen atoms in total. The number of ether oxygens (including phenoxy) is 1. The number of carbonyl (C=O) groups excluding carboxylic acids is 2. The van der Waals surface area contributed by atoms with Crippen LogP contribution in [-0.2, 0) is 14.3 Å². The summed E-state index contributed by atoms with van der Waals surface area (Å²) >= 11 is 0. The number of aliphatic hydroxyl groups is 1. The maximum absolute atomic E-state index is 11.0. The third kappa shape index (κ3) is 1.09. The summed E-state index contributed by atoms with van der Waals surface area (Å²) in [6.45, 7) is 4.26. The fourth-order valence-corrected chi connectivity index (χ4v) is 1.04. The van der Waals surface area contributed by atoms with Crippen LogP contribution in [0.25, 0.3) is 0 Å². The van der Waals surface area contributed by atoms with Gasteiger partial charge in [0, 0.05) is 0 Å². The second-order valence-electron chi connectivity index (χ2n) is 3.18. The molecule has 1 heterocycles. The molecule has 0 fully saturated rings. The van der Waals surface area contributed by atoms with Crippen LogP contribution >= 0.6 is 0 Å². The van der Waals surface area contributed by atoms with Crippen LogP contribution in [-0.4, -0.2) is 22.5 Å². The molecule has 66 valence electrons. The summed E-state index contributed by atoms with van der Waals surface area (Å²) in [6, 6.07) is 0. The molecule has 1 N–H and O–H groups in total. The Labute approximate surface area is 69.8 Å². The number of ketones is 1. The zero-order valence-corrected chi connectivity index (χ0v) is 7.17. The van der Waals surface area contributed by atoms with Gasteiger partial charge in [-0.1, -0.05) is 0 Å². The summed E-state index contributed by atoms with van der Waals surface area (Å²) in [6.07, 6.45) is 0. The lowest BCUT2D eigenvalue weighted by molar-refractivity contribution is -0.146. The van der Waals surface area contributed by atoms with E-state index in [9.17, 15) is 14.7 Å². The smallest absolute Gasteiger partial charge is 0.346 e. The summed E-state index contributed by atoms with van der Waals surface area (Å²) in [7, 11) is 0. The molecule has 0 spiro atoms. The number of Topliss-reactive ketones (excluding diaryl/α,β-unsaturated/α-hetero) is 1. The third-order valence-electron chi connectivity index (χ3n) is 1.71. The summed E-state index contributed by atoms with van der Waals surface area (Å²) in [5.74, 6) is -1.49. The Hall–Kier alpha value is -1.32. The summed E-state index contributed by atoms with van der Waals surface area (Å²) in [4.78, 5) is 21.8. The van der Waals surface area contributed by atoms with Gasteiger partial charge in [0.15, 0.2) is 17.1 Å². The van der Waals surface area contributed by atoms with E-state index < -0.39 is 17.4 Å². The fourth-order valence-electron chi connectivity index (χ4n) is 1.04. The molecule has 0 aromatic rings. The average Bonchev–Trinajstić information content (AvgIpc) is 2.02. The lowest BCUT2D eigenvalue weighted by Crippen LogP contribution is -2.22. The van der Waals surface area contributed by atoms with Gasteiger partial charge in [-0.25, -0.2) is 4.79 Å². The van der Waals surface area contributed by atoms with Crippen LogP contribution < -0.4 is 0 Å². The largest absolute Gasteiger partial charge is 0.507 e. The average molecular weight is 170 g/mol. The maximum Gasteiger partial charge on any atom is 0.346 e. The molecule has 0 bridgehead atoms. The Balaban J connectivity index is 3.20. The zero-order valence-electron chi connectivity index (χ0n) is 7.17. The Bertz CT molecular complexity index is 285. The summed E-state index contributed by atoms with van der Waals surface area (Å²) in [5, 5.41) is 9.37. The lowest BCUT2D eigenvalue weighted by Gasteiger charge is -2.15. The highest BCUT2D eigenvalue weighted by Crippen LogP contribution is 2.30. The first-order chi connectivity index (χ1) is 5.36. The van der Waals surface area contributed by atoms with Gasteiger partial charge < -0.3 is 9.84 Å². The highest BCUT2D eigenvalue weighted by atomic mass is 16.6. The van der Waals surface area contributed by atoms with E-state index in [4.69, 9.17) is 4.74 Å². The topological polar surface area (TPSA) is 63.6 Å². The monoisotopic (exact) mass is 170 g/mol. The molecule has 0 atom stereocenters. The fraction of sp³-hybridized carbons (Fsp3) is 0.500. The number of hydrogen-bond acceptors (Lipinski definition) is 4. The minimum absolute atomic E-state index is 0.236. The van der Waals surface area contributed by atoms with Gasteiger partial charge in [0.05, 0.1) is 0 Å². The predicted octanol–water partition coefficient (Wildman–Crippen LogP) is 0.723. The molecular weight excluding hydrogens is 160 g/mol. The van der Waals surface area contributed by atoms with E-state index in [1.165, 1.54) is 20.8 Å². The molecule has 1 aliphatic rings. The Morgan fingerprint density at radius 3 is 2.17 bits per heavy atom. The van der Waals surface area contributed by atoms with Gasteiger partial charge in [-0.2, -0.15) is 0 Å². The van der Waals surface area contributed by atoms with Gasteiger partial charge in [0.1, 0.15) is 5.57 Å². The van der Waals surface area contributed by atoms with Gasteiger partial charge in [-0.05, 0) is 20.8 Å². The van der Waals surface area contributed by atoms with Crippen molar-refractivity contribution in [3.63, 3.8) is 0 Å². The van der Waals surface area contributed by atoms with Crippen molar-refractivity contribution in [2.24, 2.45) is 0 Å². The van der Waals surface area contributed by atoms with Crippen molar-refractivity contribution in [3.8, 4) is 0 Å². The van der Waals surface area contributed by atoms with E-state index in [0.717, 1.165) is 0 Å². The molecule has 1 rings (SSSR count). The SMILES string of the molecule is CC(=O)C1=C(O)C(C)(C)OC1=O. The number of rotatable bonds is 1. The van der Waals surface area contributed by atoms with E-state index in [2.05, 4.69) is 0 Å². The summed E-state index contributed by atoms with van der Waals surface area (Å²) in [5.41, 5.74) is -1.29. The Morgan fingerprint density at radius 1 is 1.50 bits per heavy atom. The molecule has 12 heavy (non-hydrogen) atoms. The second kappa shape index (κ2) is 2.33. The van der Waals surface area contributed by atoms with Crippen LogP contribution in [0.3, 0.4) is 0 Å². The molecular formula is C8H10O4. The molecule has 0 amide bonds. The van der Waals surface area contributed by atoms with Crippen LogP contribution in [0.1, 0.15) is 20.8 Å². The Morgan fingerprint density at radius 2 is 2.00 bits per heavy atom. The molecule has 4 heteroatoms. The highest BCUT2D eigenvalue weighted by molar-refractivity contribution is 6.18. The first-order valence-corrected chi connectivity index (χ1v) is 3.54. The molecule has 0 saturated carbocycles. The van der Waals surface area contributed by atoms with Crippen LogP contribution in [0.5, 0.6) is 0 Å². The van der Waals surface area contributed by atoms with Crippen molar-refractivity contribution < 1.29 is 19.4 Å². The van der Waals surface area contributed by atoms with Crippen molar-refractivity contribution >= 4 is 11.8 Å². The van der Waals surface area contributed by atoms with Crippen LogP contribution in [0.4, 0.5) is 0 Å². The molecule has 0 aromatic heterocycles. The van der Waals surface area contributed by atoms with Crippen molar-refractivity contribution in [2.75, 3.05) is 0 Å². The van der Waals surface area contributed by atoms with Gasteiger partial charge in [-0.3, -0.25) is 4.79 Å².